The van der Waals surface area contributed by atoms with Crippen molar-refractivity contribution in [1.29, 1.82) is 0 Å². The van der Waals surface area contributed by atoms with E-state index in [-0.39, 0.29) is 30.0 Å². The first-order valence-corrected chi connectivity index (χ1v) is 12.3. The molecule has 2 aromatic carbocycles. The van der Waals surface area contributed by atoms with Crippen LogP contribution in [0.1, 0.15) is 18.9 Å². The van der Waals surface area contributed by atoms with Gasteiger partial charge in [0.1, 0.15) is 11.9 Å². The Balaban J connectivity index is 1.44. The van der Waals surface area contributed by atoms with E-state index in [0.717, 1.165) is 17.7 Å². The van der Waals surface area contributed by atoms with Gasteiger partial charge in [0.2, 0.25) is 10.0 Å². The molecule has 3 amide bonds. The van der Waals surface area contributed by atoms with Crippen LogP contribution in [0.4, 0.5) is 14.9 Å². The van der Waals surface area contributed by atoms with E-state index in [4.69, 9.17) is 0 Å². The SMILES string of the molecule is Cc1ccc(N2C(=O)N(CN3CCCN(S(=O)(=O)c4ccc(F)cc4)CC3)C(=O)[C@@H]2C)cc1. The first-order valence-electron chi connectivity index (χ1n) is 10.9. The van der Waals surface area contributed by atoms with Crippen molar-refractivity contribution in [2.24, 2.45) is 0 Å². The van der Waals surface area contributed by atoms with Crippen molar-refractivity contribution < 1.29 is 22.4 Å². The third-order valence-corrected chi connectivity index (χ3v) is 8.01. The van der Waals surface area contributed by atoms with Gasteiger partial charge >= 0.3 is 6.03 Å². The Kier molecular flexibility index (Phi) is 6.51. The van der Waals surface area contributed by atoms with E-state index in [1.54, 1.807) is 6.92 Å². The molecule has 0 bridgehead atoms. The second-order valence-electron chi connectivity index (χ2n) is 8.40. The summed E-state index contributed by atoms with van der Waals surface area (Å²) < 4.78 is 40.4. The van der Waals surface area contributed by atoms with Gasteiger partial charge < -0.3 is 0 Å². The van der Waals surface area contributed by atoms with Crippen molar-refractivity contribution in [3.8, 4) is 0 Å². The second kappa shape index (κ2) is 9.20. The first kappa shape index (κ1) is 23.3. The number of imide groups is 1. The average Bonchev–Trinajstić information content (AvgIpc) is 2.96. The fourth-order valence-corrected chi connectivity index (χ4v) is 5.65. The third-order valence-electron chi connectivity index (χ3n) is 6.10. The van der Waals surface area contributed by atoms with Crippen LogP contribution in [0.25, 0.3) is 0 Å². The van der Waals surface area contributed by atoms with Crippen LogP contribution in [0.15, 0.2) is 53.4 Å². The van der Waals surface area contributed by atoms with E-state index in [0.29, 0.717) is 31.7 Å². The van der Waals surface area contributed by atoms with Crippen LogP contribution in [0.3, 0.4) is 0 Å². The van der Waals surface area contributed by atoms with E-state index in [2.05, 4.69) is 0 Å². The number of rotatable bonds is 5. The molecule has 0 unspecified atom stereocenters. The minimum atomic E-state index is -3.75. The maximum absolute atomic E-state index is 13.2. The van der Waals surface area contributed by atoms with Crippen molar-refractivity contribution in [1.82, 2.24) is 14.1 Å². The summed E-state index contributed by atoms with van der Waals surface area (Å²) in [5.41, 5.74) is 1.73. The molecule has 0 aliphatic carbocycles. The zero-order valence-corrected chi connectivity index (χ0v) is 19.5. The Morgan fingerprint density at radius 2 is 1.61 bits per heavy atom. The van der Waals surface area contributed by atoms with Crippen molar-refractivity contribution >= 4 is 27.6 Å². The number of halogens is 1. The van der Waals surface area contributed by atoms with Crippen LogP contribution in [0.2, 0.25) is 0 Å². The number of anilines is 1. The summed E-state index contributed by atoms with van der Waals surface area (Å²) in [5, 5.41) is 0. The predicted octanol–water partition coefficient (Wildman–Crippen LogP) is 2.65. The summed E-state index contributed by atoms with van der Waals surface area (Å²) in [5.74, 6) is -0.773. The smallest absolute Gasteiger partial charge is 0.284 e. The third kappa shape index (κ3) is 4.64. The molecule has 10 heteroatoms. The van der Waals surface area contributed by atoms with E-state index in [1.807, 2.05) is 36.1 Å². The number of amides is 3. The molecule has 0 N–H and O–H groups in total. The highest BCUT2D eigenvalue weighted by Gasteiger charge is 2.44. The van der Waals surface area contributed by atoms with Crippen LogP contribution < -0.4 is 4.90 Å². The lowest BCUT2D eigenvalue weighted by molar-refractivity contribution is -0.128. The normalized spacial score (nSPS) is 21.0. The van der Waals surface area contributed by atoms with Crippen LogP contribution >= 0.6 is 0 Å². The van der Waals surface area contributed by atoms with Gasteiger partial charge in [0.15, 0.2) is 0 Å². The zero-order chi connectivity index (χ0) is 23.8. The zero-order valence-electron chi connectivity index (χ0n) is 18.6. The lowest BCUT2D eigenvalue weighted by Gasteiger charge is -2.25. The summed E-state index contributed by atoms with van der Waals surface area (Å²) >= 11 is 0. The fraction of sp³-hybridized carbons (Fsp3) is 0.391. The monoisotopic (exact) mass is 474 g/mol. The van der Waals surface area contributed by atoms with Crippen LogP contribution in [-0.4, -0.2) is 73.4 Å². The van der Waals surface area contributed by atoms with Crippen LogP contribution in [0.5, 0.6) is 0 Å². The van der Waals surface area contributed by atoms with E-state index in [1.165, 1.54) is 26.2 Å². The number of carbonyl (C=O) groups excluding carboxylic acids is 2. The molecule has 2 aliphatic heterocycles. The predicted molar refractivity (Wildman–Crippen MR) is 122 cm³/mol. The molecular weight excluding hydrogens is 447 g/mol. The molecule has 33 heavy (non-hydrogen) atoms. The number of nitrogens with zero attached hydrogens (tertiary/aromatic N) is 4. The van der Waals surface area contributed by atoms with Gasteiger partial charge in [-0.25, -0.2) is 22.5 Å². The molecule has 0 saturated carbocycles. The Bertz CT molecular complexity index is 1140. The minimum Gasteiger partial charge on any atom is -0.284 e. The topological polar surface area (TPSA) is 81.2 Å². The number of urea groups is 1. The Morgan fingerprint density at radius 3 is 2.27 bits per heavy atom. The van der Waals surface area contributed by atoms with Crippen LogP contribution in [-0.2, 0) is 14.8 Å². The van der Waals surface area contributed by atoms with Crippen LogP contribution in [0, 0.1) is 12.7 Å². The number of carbonyl (C=O) groups is 2. The molecule has 4 rings (SSSR count). The molecule has 0 spiro atoms. The lowest BCUT2D eigenvalue weighted by atomic mass is 10.2. The molecule has 176 valence electrons. The minimum absolute atomic E-state index is 0.0461. The summed E-state index contributed by atoms with van der Waals surface area (Å²) in [6.07, 6.45) is 0.549. The molecule has 2 aliphatic rings. The van der Waals surface area contributed by atoms with Crippen molar-refractivity contribution in [2.45, 2.75) is 31.2 Å². The number of hydrogen-bond acceptors (Lipinski definition) is 5. The summed E-state index contributed by atoms with van der Waals surface area (Å²) in [7, 11) is -3.75. The number of sulfonamides is 1. The quantitative estimate of drug-likeness (QED) is 0.623. The van der Waals surface area contributed by atoms with Gasteiger partial charge in [-0.3, -0.25) is 14.6 Å². The van der Waals surface area contributed by atoms with Gasteiger partial charge in [0, 0.05) is 31.9 Å². The van der Waals surface area contributed by atoms with Gasteiger partial charge in [-0.1, -0.05) is 17.7 Å². The van der Waals surface area contributed by atoms with Crippen molar-refractivity contribution in [3.05, 3.63) is 59.9 Å². The Morgan fingerprint density at radius 1 is 0.939 bits per heavy atom. The number of aryl methyl sites for hydroxylation is 1. The highest BCUT2D eigenvalue weighted by Crippen LogP contribution is 2.26. The largest absolute Gasteiger partial charge is 0.333 e. The van der Waals surface area contributed by atoms with Gasteiger partial charge in [0.25, 0.3) is 5.91 Å². The van der Waals surface area contributed by atoms with Gasteiger partial charge in [0.05, 0.1) is 11.6 Å². The molecule has 0 aromatic heterocycles. The molecule has 2 heterocycles. The molecule has 1 atom stereocenters. The number of hydrogen-bond donors (Lipinski definition) is 0. The van der Waals surface area contributed by atoms with E-state index >= 15 is 0 Å². The molecule has 2 fully saturated rings. The van der Waals surface area contributed by atoms with Crippen molar-refractivity contribution in [3.63, 3.8) is 0 Å². The van der Waals surface area contributed by atoms with E-state index in [9.17, 15) is 22.4 Å². The van der Waals surface area contributed by atoms with Gasteiger partial charge in [-0.05, 0) is 56.7 Å². The highest BCUT2D eigenvalue weighted by molar-refractivity contribution is 7.89. The molecular formula is C23H27FN4O4S. The van der Waals surface area contributed by atoms with Gasteiger partial charge in [-0.15, -0.1) is 0 Å². The molecule has 0 radical (unpaired) electrons. The van der Waals surface area contributed by atoms with E-state index < -0.39 is 21.9 Å². The first-order chi connectivity index (χ1) is 15.7. The summed E-state index contributed by atoms with van der Waals surface area (Å²) in [6, 6.07) is 11.2. The number of benzene rings is 2. The summed E-state index contributed by atoms with van der Waals surface area (Å²) in [6.45, 7) is 5.21. The molecule has 8 nitrogen and oxygen atoms in total. The maximum atomic E-state index is 13.2. The average molecular weight is 475 g/mol. The standard InChI is InChI=1S/C23H27FN4O4S/c1-17-4-8-20(9-5-17)28-18(2)22(29)27(23(28)30)16-25-12-3-13-26(15-14-25)33(31,32)21-10-6-19(24)7-11-21/h4-11,18H,3,12-16H2,1-2H3/t18-/m0/s1. The Hall–Kier alpha value is -2.82. The molecule has 2 saturated heterocycles. The highest BCUT2D eigenvalue weighted by atomic mass is 32.2. The second-order valence-corrected chi connectivity index (χ2v) is 10.3. The lowest BCUT2D eigenvalue weighted by Crippen LogP contribution is -2.44. The summed E-state index contributed by atoms with van der Waals surface area (Å²) in [4.78, 5) is 30.6. The fourth-order valence-electron chi connectivity index (χ4n) is 4.18. The maximum Gasteiger partial charge on any atom is 0.333 e. The molecule has 2 aromatic rings. The van der Waals surface area contributed by atoms with Gasteiger partial charge in [-0.2, -0.15) is 4.31 Å². The Labute approximate surface area is 193 Å². The van der Waals surface area contributed by atoms with Crippen molar-refractivity contribution in [2.75, 3.05) is 37.7 Å².